The zero-order valence-electron chi connectivity index (χ0n) is 13.3. The van der Waals surface area contributed by atoms with Gasteiger partial charge >= 0.3 is 0 Å². The van der Waals surface area contributed by atoms with Crippen molar-refractivity contribution in [1.29, 1.82) is 0 Å². The second kappa shape index (κ2) is 10.8. The summed E-state index contributed by atoms with van der Waals surface area (Å²) in [5.74, 6) is 0.505. The molecule has 0 spiro atoms. The van der Waals surface area contributed by atoms with Crippen molar-refractivity contribution in [3.63, 3.8) is 0 Å². The molecule has 120 valence electrons. The predicted molar refractivity (Wildman–Crippen MR) is 100 cm³/mol. The fourth-order valence-electron chi connectivity index (χ4n) is 1.85. The largest absolute Gasteiger partial charge is 0.382 e. The van der Waals surface area contributed by atoms with Gasteiger partial charge < -0.3 is 15.8 Å². The van der Waals surface area contributed by atoms with E-state index in [2.05, 4.69) is 48.4 Å². The Kier molecular flexibility index (Phi) is 10.4. The van der Waals surface area contributed by atoms with Gasteiger partial charge in [-0.2, -0.15) is 0 Å². The van der Waals surface area contributed by atoms with Crippen molar-refractivity contribution in [2.75, 3.05) is 26.3 Å². The zero-order chi connectivity index (χ0) is 14.8. The Labute approximate surface area is 145 Å². The van der Waals surface area contributed by atoms with Crippen LogP contribution < -0.4 is 11.1 Å². The molecule has 1 aromatic rings. The van der Waals surface area contributed by atoms with Crippen LogP contribution in [0.1, 0.15) is 32.8 Å². The van der Waals surface area contributed by atoms with E-state index < -0.39 is 0 Å². The summed E-state index contributed by atoms with van der Waals surface area (Å²) in [4.78, 5) is 4.43. The van der Waals surface area contributed by atoms with E-state index in [0.29, 0.717) is 12.5 Å². The lowest BCUT2D eigenvalue weighted by Gasteiger charge is -2.23. The predicted octanol–water partition coefficient (Wildman–Crippen LogP) is 2.91. The van der Waals surface area contributed by atoms with E-state index in [4.69, 9.17) is 10.5 Å². The van der Waals surface area contributed by atoms with Crippen molar-refractivity contribution in [2.45, 2.75) is 32.6 Å². The van der Waals surface area contributed by atoms with Crippen LogP contribution in [0.3, 0.4) is 0 Å². The number of hydrogen-bond donors (Lipinski definition) is 2. The molecule has 0 aromatic heterocycles. The van der Waals surface area contributed by atoms with Gasteiger partial charge in [-0.15, -0.1) is 24.0 Å². The lowest BCUT2D eigenvalue weighted by atomic mass is 9.85. The molecule has 0 aliphatic heterocycles. The molecule has 0 radical (unpaired) electrons. The molecule has 0 saturated heterocycles. The number of nitrogens with zero attached hydrogens (tertiary/aromatic N) is 1. The zero-order valence-corrected chi connectivity index (χ0v) is 15.6. The Morgan fingerprint density at radius 2 is 1.95 bits per heavy atom. The van der Waals surface area contributed by atoms with Crippen LogP contribution in [0, 0.1) is 0 Å². The van der Waals surface area contributed by atoms with Gasteiger partial charge in [0.2, 0.25) is 0 Å². The van der Waals surface area contributed by atoms with Gasteiger partial charge in [0.05, 0.1) is 6.54 Å². The summed E-state index contributed by atoms with van der Waals surface area (Å²) in [6.07, 6.45) is 0.937. The average molecular weight is 405 g/mol. The molecule has 0 aliphatic rings. The van der Waals surface area contributed by atoms with Gasteiger partial charge in [0, 0.05) is 25.2 Å². The maximum absolute atomic E-state index is 5.87. The molecule has 0 aliphatic carbocycles. The molecular weight excluding hydrogens is 377 g/mol. The van der Waals surface area contributed by atoms with Crippen molar-refractivity contribution in [3.8, 4) is 0 Å². The van der Waals surface area contributed by atoms with Crippen LogP contribution in [-0.2, 0) is 10.2 Å². The summed E-state index contributed by atoms with van der Waals surface area (Å²) in [6.45, 7) is 9.32. The van der Waals surface area contributed by atoms with Crippen LogP contribution in [0.15, 0.2) is 35.3 Å². The maximum Gasteiger partial charge on any atom is 0.188 e. The first-order valence-electron chi connectivity index (χ1n) is 7.23. The highest BCUT2D eigenvalue weighted by atomic mass is 127. The van der Waals surface area contributed by atoms with Crippen molar-refractivity contribution in [3.05, 3.63) is 35.9 Å². The van der Waals surface area contributed by atoms with E-state index in [1.807, 2.05) is 13.0 Å². The van der Waals surface area contributed by atoms with Gasteiger partial charge in [0.1, 0.15) is 0 Å². The highest BCUT2D eigenvalue weighted by molar-refractivity contribution is 14.0. The van der Waals surface area contributed by atoms with E-state index in [-0.39, 0.29) is 29.4 Å². The molecule has 4 nitrogen and oxygen atoms in total. The first-order chi connectivity index (χ1) is 9.56. The number of rotatable bonds is 8. The molecular formula is C16H28IN3O. The maximum atomic E-state index is 5.87. The van der Waals surface area contributed by atoms with Gasteiger partial charge in [0.25, 0.3) is 0 Å². The molecule has 0 bridgehead atoms. The van der Waals surface area contributed by atoms with Crippen LogP contribution in [0.2, 0.25) is 0 Å². The molecule has 21 heavy (non-hydrogen) atoms. The van der Waals surface area contributed by atoms with Gasteiger partial charge in [-0.1, -0.05) is 44.2 Å². The van der Waals surface area contributed by atoms with Crippen LogP contribution in [0.25, 0.3) is 0 Å². The number of benzene rings is 1. The molecule has 3 N–H and O–H groups in total. The first kappa shape index (κ1) is 20.2. The molecule has 0 heterocycles. The number of guanidine groups is 1. The summed E-state index contributed by atoms with van der Waals surface area (Å²) in [6, 6.07) is 10.4. The molecule has 0 saturated carbocycles. The molecule has 1 rings (SSSR count). The SMILES string of the molecule is CCOCCCNC(N)=NCC(C)(C)c1ccccc1.I. The van der Waals surface area contributed by atoms with Crippen LogP contribution >= 0.6 is 24.0 Å². The summed E-state index contributed by atoms with van der Waals surface area (Å²) >= 11 is 0. The molecule has 1 aromatic carbocycles. The highest BCUT2D eigenvalue weighted by Crippen LogP contribution is 2.22. The third-order valence-corrected chi connectivity index (χ3v) is 3.18. The van der Waals surface area contributed by atoms with E-state index in [0.717, 1.165) is 26.2 Å². The number of hydrogen-bond acceptors (Lipinski definition) is 2. The minimum absolute atomic E-state index is 0. The molecule has 0 unspecified atom stereocenters. The molecule has 5 heteroatoms. The Bertz CT molecular complexity index is 407. The quantitative estimate of drug-likeness (QED) is 0.303. The van der Waals surface area contributed by atoms with Gasteiger partial charge in [-0.25, -0.2) is 0 Å². The highest BCUT2D eigenvalue weighted by Gasteiger charge is 2.19. The number of nitrogens with one attached hydrogen (secondary N) is 1. The van der Waals surface area contributed by atoms with Crippen molar-refractivity contribution in [1.82, 2.24) is 5.32 Å². The second-order valence-electron chi connectivity index (χ2n) is 5.43. The number of ether oxygens (including phenoxy) is 1. The Morgan fingerprint density at radius 3 is 2.57 bits per heavy atom. The smallest absolute Gasteiger partial charge is 0.188 e. The summed E-state index contributed by atoms with van der Waals surface area (Å²) < 4.78 is 5.27. The topological polar surface area (TPSA) is 59.6 Å². The van der Waals surface area contributed by atoms with Gasteiger partial charge in [-0.05, 0) is 18.9 Å². The van der Waals surface area contributed by atoms with Crippen LogP contribution in [0.4, 0.5) is 0 Å². The lowest BCUT2D eigenvalue weighted by Crippen LogP contribution is -2.34. The van der Waals surface area contributed by atoms with E-state index in [1.54, 1.807) is 0 Å². The standard InChI is InChI=1S/C16H27N3O.HI/c1-4-20-12-8-11-18-15(17)19-13-16(2,3)14-9-6-5-7-10-14;/h5-7,9-10H,4,8,11-13H2,1-3H3,(H3,17,18,19);1H. The minimum atomic E-state index is -0.0150. The van der Waals surface area contributed by atoms with Crippen molar-refractivity contribution in [2.24, 2.45) is 10.7 Å². The summed E-state index contributed by atoms with van der Waals surface area (Å²) in [7, 11) is 0. The van der Waals surface area contributed by atoms with E-state index >= 15 is 0 Å². The fraction of sp³-hybridized carbons (Fsp3) is 0.562. The Balaban J connectivity index is 0.00000400. The molecule has 0 amide bonds. The van der Waals surface area contributed by atoms with Gasteiger partial charge in [0.15, 0.2) is 5.96 Å². The Morgan fingerprint density at radius 1 is 1.29 bits per heavy atom. The van der Waals surface area contributed by atoms with E-state index in [1.165, 1.54) is 5.56 Å². The fourth-order valence-corrected chi connectivity index (χ4v) is 1.85. The van der Waals surface area contributed by atoms with Crippen LogP contribution in [-0.4, -0.2) is 32.3 Å². The summed E-state index contributed by atoms with van der Waals surface area (Å²) in [5.41, 5.74) is 7.13. The average Bonchev–Trinajstić information content (AvgIpc) is 2.46. The minimum Gasteiger partial charge on any atom is -0.382 e. The second-order valence-corrected chi connectivity index (χ2v) is 5.43. The third-order valence-electron chi connectivity index (χ3n) is 3.18. The lowest BCUT2D eigenvalue weighted by molar-refractivity contribution is 0.145. The number of aliphatic imine (C=N–C) groups is 1. The monoisotopic (exact) mass is 405 g/mol. The Hall–Kier alpha value is -0.820. The summed E-state index contributed by atoms with van der Waals surface area (Å²) in [5, 5.41) is 3.11. The molecule has 0 fully saturated rings. The van der Waals surface area contributed by atoms with Crippen LogP contribution in [0.5, 0.6) is 0 Å². The molecule has 0 atom stereocenters. The van der Waals surface area contributed by atoms with Gasteiger partial charge in [-0.3, -0.25) is 4.99 Å². The first-order valence-corrected chi connectivity index (χ1v) is 7.23. The van der Waals surface area contributed by atoms with E-state index in [9.17, 15) is 0 Å². The van der Waals surface area contributed by atoms with Crippen molar-refractivity contribution >= 4 is 29.9 Å². The normalized spacial score (nSPS) is 11.9. The number of nitrogens with two attached hydrogens (primary N) is 1. The number of halogens is 1. The van der Waals surface area contributed by atoms with Crippen molar-refractivity contribution < 1.29 is 4.74 Å². The third kappa shape index (κ3) is 8.26.